The number of amides is 1. The van der Waals surface area contributed by atoms with Gasteiger partial charge in [0.15, 0.2) is 0 Å². The summed E-state index contributed by atoms with van der Waals surface area (Å²) < 4.78 is 16.1. The fraction of sp³-hybridized carbons (Fsp3) is 0.484. The molecule has 10 nitrogen and oxygen atoms in total. The smallest absolute Gasteiger partial charge is 0.343 e. The summed E-state index contributed by atoms with van der Waals surface area (Å²) in [5.41, 5.74) is 8.24. The van der Waals surface area contributed by atoms with Crippen molar-refractivity contribution in [2.75, 3.05) is 13.7 Å². The first-order chi connectivity index (χ1) is 19.4. The maximum absolute atomic E-state index is 13.0. The van der Waals surface area contributed by atoms with Crippen LogP contribution < -0.4 is 10.5 Å². The third-order valence-electron chi connectivity index (χ3n) is 7.40. The lowest BCUT2D eigenvalue weighted by Gasteiger charge is -2.27. The largest absolute Gasteiger partial charge is 0.469 e. The van der Waals surface area contributed by atoms with E-state index in [1.807, 2.05) is 43.9 Å². The predicted molar refractivity (Wildman–Crippen MR) is 151 cm³/mol. The molecule has 1 saturated heterocycles. The fourth-order valence-electron chi connectivity index (χ4n) is 5.39. The first-order valence-electron chi connectivity index (χ1n) is 13.9. The number of likely N-dealkylation sites (tertiary alicyclic amines) is 1. The van der Waals surface area contributed by atoms with Crippen molar-refractivity contribution >= 4 is 23.8 Å². The number of ether oxygens (including phenoxy) is 3. The molecule has 2 atom stereocenters. The second-order valence-corrected chi connectivity index (χ2v) is 11.6. The van der Waals surface area contributed by atoms with E-state index in [2.05, 4.69) is 4.90 Å². The normalized spacial score (nSPS) is 18.0. The summed E-state index contributed by atoms with van der Waals surface area (Å²) in [6.07, 6.45) is 2.02. The molecule has 0 saturated carbocycles. The van der Waals surface area contributed by atoms with Crippen molar-refractivity contribution in [3.05, 3.63) is 64.7 Å². The van der Waals surface area contributed by atoms with E-state index in [1.165, 1.54) is 7.11 Å². The Morgan fingerprint density at radius 2 is 1.78 bits per heavy atom. The number of hydrogen-bond acceptors (Lipinski definition) is 9. The molecule has 2 heterocycles. The second-order valence-electron chi connectivity index (χ2n) is 11.6. The zero-order chi connectivity index (χ0) is 29.7. The first-order valence-corrected chi connectivity index (χ1v) is 13.9. The van der Waals surface area contributed by atoms with Gasteiger partial charge in [0.2, 0.25) is 5.91 Å². The highest BCUT2D eigenvalue weighted by atomic mass is 16.6. The molecular weight excluding hydrogens is 526 g/mol. The van der Waals surface area contributed by atoms with Gasteiger partial charge >= 0.3 is 17.9 Å². The van der Waals surface area contributed by atoms with Crippen LogP contribution >= 0.6 is 0 Å². The zero-order valence-electron chi connectivity index (χ0n) is 24.2. The highest BCUT2D eigenvalue weighted by Gasteiger charge is 2.34. The van der Waals surface area contributed by atoms with Crippen LogP contribution in [0.1, 0.15) is 73.5 Å². The number of nitrogens with two attached hydrogens (primary N) is 1. The number of fused-ring (bicyclic) bond motifs is 1. The molecule has 220 valence electrons. The molecule has 2 unspecified atom stereocenters. The molecule has 2 aromatic carbocycles. The Hall–Kier alpha value is -3.76. The number of carbonyl (C=O) groups excluding carboxylic acids is 4. The zero-order valence-corrected chi connectivity index (χ0v) is 24.2. The summed E-state index contributed by atoms with van der Waals surface area (Å²) in [6.45, 7) is 7.81. The van der Waals surface area contributed by atoms with Crippen LogP contribution in [-0.4, -0.2) is 65.0 Å². The number of esters is 3. The number of methoxy groups -OCH3 is 1. The molecular formula is C31H39N3O7. The molecule has 2 aliphatic heterocycles. The molecule has 2 N–H and O–H groups in total. The average Bonchev–Trinajstić information content (AvgIpc) is 3.55. The van der Waals surface area contributed by atoms with E-state index >= 15 is 0 Å². The summed E-state index contributed by atoms with van der Waals surface area (Å²) >= 11 is 0. The van der Waals surface area contributed by atoms with E-state index in [1.54, 1.807) is 24.3 Å². The van der Waals surface area contributed by atoms with Crippen molar-refractivity contribution in [1.82, 2.24) is 9.80 Å². The van der Waals surface area contributed by atoms with E-state index in [0.29, 0.717) is 30.9 Å². The van der Waals surface area contributed by atoms with Gasteiger partial charge in [-0.25, -0.2) is 4.79 Å². The van der Waals surface area contributed by atoms with Gasteiger partial charge in [-0.05, 0) is 75.9 Å². The Morgan fingerprint density at radius 3 is 2.44 bits per heavy atom. The van der Waals surface area contributed by atoms with Crippen LogP contribution in [0.3, 0.4) is 0 Å². The van der Waals surface area contributed by atoms with E-state index in [-0.39, 0.29) is 24.9 Å². The monoisotopic (exact) mass is 565 g/mol. The predicted octanol–water partition coefficient (Wildman–Crippen LogP) is 3.33. The van der Waals surface area contributed by atoms with Crippen molar-refractivity contribution in [3.63, 3.8) is 0 Å². The Labute approximate surface area is 240 Å². The van der Waals surface area contributed by atoms with Crippen molar-refractivity contribution < 1.29 is 33.4 Å². The third-order valence-corrected chi connectivity index (χ3v) is 7.40. The average molecular weight is 566 g/mol. The van der Waals surface area contributed by atoms with E-state index < -0.39 is 29.5 Å². The van der Waals surface area contributed by atoms with Crippen LogP contribution in [-0.2, 0) is 43.5 Å². The molecule has 41 heavy (non-hydrogen) atoms. The standard InChI is InChI=1S/C31H39N3O7/c1-31(2,3)41-30(38)25-8-6-16-33(25)17-20-10-12-21(13-11-20)29(37)40-26-9-5-7-22-18-34(19-23(22)26)24(28(32)36)14-15-27(35)39-4/h5,7,9-13,24-25H,6,8,14-19H2,1-4H3,(H2,32,36). The number of nitrogens with zero attached hydrogens (tertiary/aromatic N) is 2. The van der Waals surface area contributed by atoms with Crippen LogP contribution in [0.4, 0.5) is 0 Å². The Bertz CT molecular complexity index is 1290. The Balaban J connectivity index is 1.38. The molecule has 4 rings (SSSR count). The lowest BCUT2D eigenvalue weighted by Crippen LogP contribution is -2.42. The molecule has 1 fully saturated rings. The summed E-state index contributed by atoms with van der Waals surface area (Å²) in [4.78, 5) is 53.4. The minimum atomic E-state index is -0.650. The molecule has 0 aliphatic carbocycles. The lowest BCUT2D eigenvalue weighted by molar-refractivity contribution is -0.160. The van der Waals surface area contributed by atoms with Crippen molar-refractivity contribution in [1.29, 1.82) is 0 Å². The van der Waals surface area contributed by atoms with Gasteiger partial charge in [-0.3, -0.25) is 24.2 Å². The summed E-state index contributed by atoms with van der Waals surface area (Å²) in [5.74, 6) is -1.20. The highest BCUT2D eigenvalue weighted by Crippen LogP contribution is 2.33. The second kappa shape index (κ2) is 12.8. The van der Waals surface area contributed by atoms with Gasteiger partial charge in [0.1, 0.15) is 17.4 Å². The first kappa shape index (κ1) is 30.2. The number of carbonyl (C=O) groups is 4. The van der Waals surface area contributed by atoms with E-state index in [4.69, 9.17) is 19.9 Å². The van der Waals surface area contributed by atoms with Gasteiger partial charge < -0.3 is 19.9 Å². The minimum Gasteiger partial charge on any atom is -0.469 e. The van der Waals surface area contributed by atoms with Gasteiger partial charge in [-0.2, -0.15) is 0 Å². The molecule has 2 aliphatic rings. The number of rotatable bonds is 10. The van der Waals surface area contributed by atoms with Crippen molar-refractivity contribution in [3.8, 4) is 5.75 Å². The SMILES string of the molecule is COC(=O)CCC(C(N)=O)N1Cc2cccc(OC(=O)c3ccc(CN4CCCC4C(=O)OC(C)(C)C)cc3)c2C1. The summed E-state index contributed by atoms with van der Waals surface area (Å²) in [5, 5.41) is 0. The molecule has 2 aromatic rings. The van der Waals surface area contributed by atoms with Gasteiger partial charge in [0.05, 0.1) is 18.7 Å². The summed E-state index contributed by atoms with van der Waals surface area (Å²) in [7, 11) is 1.30. The number of benzene rings is 2. The maximum atomic E-state index is 13.0. The molecule has 10 heteroatoms. The summed E-state index contributed by atoms with van der Waals surface area (Å²) in [6, 6.07) is 11.7. The Kier molecular flexibility index (Phi) is 9.45. The molecule has 1 amide bonds. The van der Waals surface area contributed by atoms with Gasteiger partial charge in [0.25, 0.3) is 0 Å². The van der Waals surface area contributed by atoms with Crippen LogP contribution in [0, 0.1) is 0 Å². The molecule has 0 radical (unpaired) electrons. The number of primary amides is 1. The van der Waals surface area contributed by atoms with E-state index in [9.17, 15) is 19.2 Å². The third kappa shape index (κ3) is 7.71. The van der Waals surface area contributed by atoms with Crippen LogP contribution in [0.5, 0.6) is 5.75 Å². The van der Waals surface area contributed by atoms with Crippen molar-refractivity contribution in [2.24, 2.45) is 5.73 Å². The minimum absolute atomic E-state index is 0.0776. The highest BCUT2D eigenvalue weighted by molar-refractivity contribution is 5.91. The van der Waals surface area contributed by atoms with Gasteiger partial charge in [0, 0.05) is 31.6 Å². The van der Waals surface area contributed by atoms with Gasteiger partial charge in [-0.15, -0.1) is 0 Å². The van der Waals surface area contributed by atoms with E-state index in [0.717, 1.165) is 36.1 Å². The topological polar surface area (TPSA) is 128 Å². The quantitative estimate of drug-likeness (QED) is 0.341. The lowest BCUT2D eigenvalue weighted by atomic mass is 10.1. The van der Waals surface area contributed by atoms with Crippen LogP contribution in [0.15, 0.2) is 42.5 Å². The van der Waals surface area contributed by atoms with Crippen LogP contribution in [0.25, 0.3) is 0 Å². The molecule has 0 aromatic heterocycles. The van der Waals surface area contributed by atoms with Crippen molar-refractivity contribution in [2.45, 2.75) is 83.8 Å². The van der Waals surface area contributed by atoms with Gasteiger partial charge in [-0.1, -0.05) is 24.3 Å². The van der Waals surface area contributed by atoms with Crippen LogP contribution in [0.2, 0.25) is 0 Å². The Morgan fingerprint density at radius 1 is 1.05 bits per heavy atom. The molecule has 0 bridgehead atoms. The maximum Gasteiger partial charge on any atom is 0.343 e. The molecule has 0 spiro atoms. The fourth-order valence-corrected chi connectivity index (χ4v) is 5.39. The number of hydrogen-bond donors (Lipinski definition) is 1.